The van der Waals surface area contributed by atoms with Crippen molar-refractivity contribution in [1.29, 1.82) is 0 Å². The van der Waals surface area contributed by atoms with E-state index >= 15 is 0 Å². The first-order valence-electron chi connectivity index (χ1n) is 6.05. The summed E-state index contributed by atoms with van der Waals surface area (Å²) in [6.45, 7) is 0. The summed E-state index contributed by atoms with van der Waals surface area (Å²) in [4.78, 5) is 79.2. The maximum absolute atomic E-state index is 11.7. The quantitative estimate of drug-likeness (QED) is 0.166. The van der Waals surface area contributed by atoms with Crippen LogP contribution < -0.4 is 0 Å². The number of rotatable bonds is 7. The molecular weight excluding hydrogens is 460 g/mol. The third-order valence-corrected chi connectivity index (χ3v) is 10.7. The van der Waals surface area contributed by atoms with Crippen LogP contribution in [0.4, 0.5) is 0 Å². The summed E-state index contributed by atoms with van der Waals surface area (Å²) in [5, 5.41) is 11.3. The molecule has 16 nitrogen and oxygen atoms in total. The summed E-state index contributed by atoms with van der Waals surface area (Å²) in [5.41, 5.74) is -3.25. The maximum Gasteiger partial charge on any atom is 0.398 e. The van der Waals surface area contributed by atoms with Gasteiger partial charge in [-0.3, -0.25) is 18.3 Å². The van der Waals surface area contributed by atoms with Gasteiger partial charge in [-0.1, -0.05) is 6.07 Å². The monoisotopic (exact) mass is 472 g/mol. The SMILES string of the molecule is O=NP(=O)(O)C(O)(c1cccc(C(O)(P(=O)(O)O)P(=O)(O)O)n1)P(=O)(O)O. The van der Waals surface area contributed by atoms with Gasteiger partial charge in [0.05, 0.1) is 11.4 Å². The zero-order valence-electron chi connectivity index (χ0n) is 12.5. The average molecular weight is 472 g/mol. The Bertz CT molecular complexity index is 923. The molecule has 27 heavy (non-hydrogen) atoms. The summed E-state index contributed by atoms with van der Waals surface area (Å²) >= 11 is 0. The highest BCUT2D eigenvalue weighted by molar-refractivity contribution is 7.73. The molecule has 9 N–H and O–H groups in total. The van der Waals surface area contributed by atoms with Gasteiger partial charge >= 0.3 is 40.5 Å². The van der Waals surface area contributed by atoms with Crippen molar-refractivity contribution < 1.29 is 62.7 Å². The van der Waals surface area contributed by atoms with Crippen molar-refractivity contribution in [2.24, 2.45) is 4.95 Å². The van der Waals surface area contributed by atoms with Crippen LogP contribution in [0.25, 0.3) is 0 Å². The second kappa shape index (κ2) is 6.97. The van der Waals surface area contributed by atoms with Crippen LogP contribution >= 0.6 is 30.3 Å². The van der Waals surface area contributed by atoms with E-state index in [-0.39, 0.29) is 0 Å². The summed E-state index contributed by atoms with van der Waals surface area (Å²) < 4.78 is 46.1. The van der Waals surface area contributed by atoms with Crippen molar-refractivity contribution in [1.82, 2.24) is 4.98 Å². The highest BCUT2D eigenvalue weighted by Gasteiger charge is 2.66. The number of pyridine rings is 1. The van der Waals surface area contributed by atoms with Crippen molar-refractivity contribution in [3.63, 3.8) is 0 Å². The first-order valence-corrected chi connectivity index (χ1v) is 12.5. The number of aromatic nitrogens is 1. The maximum atomic E-state index is 11.7. The Labute approximate surface area is 148 Å². The van der Waals surface area contributed by atoms with E-state index in [1.807, 2.05) is 0 Å². The molecule has 1 rings (SSSR count). The van der Waals surface area contributed by atoms with E-state index < -0.39 is 51.9 Å². The number of aliphatic hydroxyl groups is 2. The van der Waals surface area contributed by atoms with E-state index in [9.17, 15) is 48.1 Å². The predicted octanol–water partition coefficient (Wildman–Crippen LogP) is -1.23. The fourth-order valence-corrected chi connectivity index (χ4v) is 6.43. The molecule has 0 saturated carbocycles. The molecule has 1 aromatic heterocycles. The van der Waals surface area contributed by atoms with E-state index in [2.05, 4.69) is 4.98 Å². The highest BCUT2D eigenvalue weighted by atomic mass is 31.2. The Morgan fingerprint density at radius 1 is 0.741 bits per heavy atom. The van der Waals surface area contributed by atoms with Gasteiger partial charge in [0.1, 0.15) is 0 Å². The van der Waals surface area contributed by atoms with Crippen LogP contribution in [-0.2, 0) is 28.4 Å². The molecular formula is C7H12N2O14P4. The number of hydrogen-bond donors (Lipinski definition) is 9. The molecule has 0 fully saturated rings. The Balaban J connectivity index is 3.97. The van der Waals surface area contributed by atoms with E-state index in [1.165, 1.54) is 4.95 Å². The fourth-order valence-electron chi connectivity index (χ4n) is 1.80. The number of nitroso groups, excluding NO2 is 1. The van der Waals surface area contributed by atoms with Gasteiger partial charge in [-0.15, -0.1) is 4.91 Å². The summed E-state index contributed by atoms with van der Waals surface area (Å²) in [6.07, 6.45) is 0. The Morgan fingerprint density at radius 2 is 1.07 bits per heavy atom. The second-order valence-corrected chi connectivity index (χ2v) is 12.7. The molecule has 0 spiro atoms. The van der Waals surface area contributed by atoms with Crippen LogP contribution in [0.2, 0.25) is 0 Å². The van der Waals surface area contributed by atoms with Gasteiger partial charge in [0.15, 0.2) is 0 Å². The zero-order valence-corrected chi connectivity index (χ0v) is 16.1. The van der Waals surface area contributed by atoms with E-state index in [4.69, 9.17) is 19.6 Å². The topological polar surface area (TPSA) is 293 Å². The third kappa shape index (κ3) is 3.78. The lowest BCUT2D eigenvalue weighted by Gasteiger charge is -2.31. The third-order valence-electron chi connectivity index (χ3n) is 3.17. The van der Waals surface area contributed by atoms with E-state index in [1.54, 1.807) is 0 Å². The van der Waals surface area contributed by atoms with Crippen LogP contribution in [0.1, 0.15) is 11.4 Å². The van der Waals surface area contributed by atoms with Gasteiger partial charge < -0.3 is 44.5 Å². The number of hydrogen-bond acceptors (Lipinski definition) is 8. The number of nitrogens with zero attached hydrogens (tertiary/aromatic N) is 2. The van der Waals surface area contributed by atoms with Gasteiger partial charge in [0, 0.05) is 4.95 Å². The molecule has 0 aliphatic heterocycles. The normalized spacial score (nSPS) is 18.4. The second-order valence-electron chi connectivity index (χ2n) is 4.94. The summed E-state index contributed by atoms with van der Waals surface area (Å²) in [6, 6.07) is 1.26. The van der Waals surface area contributed by atoms with Gasteiger partial charge in [-0.25, -0.2) is 4.98 Å². The van der Waals surface area contributed by atoms with Crippen LogP contribution in [0.3, 0.4) is 0 Å². The first kappa shape index (κ1) is 24.3. The standard InChI is InChI=1S/C7H12N2O14P4/c10-6(25(15,16)17,24(13,14)9-12)4-2-1-3-5(8-4)7(11,26(18,19)20)27(21,22)23/h1-3,10-11H,(H,13,14)(H2,15,16,17)(H2,18,19,20)(H2,21,22,23). The first-order chi connectivity index (χ1) is 11.8. The van der Waals surface area contributed by atoms with E-state index in [0.717, 1.165) is 0 Å². The largest absolute Gasteiger partial charge is 0.398 e. The molecule has 1 heterocycles. The zero-order chi connectivity index (χ0) is 21.7. The fraction of sp³-hybridized carbons (Fsp3) is 0.286. The lowest BCUT2D eigenvalue weighted by molar-refractivity contribution is 0.123. The van der Waals surface area contributed by atoms with Crippen molar-refractivity contribution in [2.45, 2.75) is 10.2 Å². The summed E-state index contributed by atoms with van der Waals surface area (Å²) in [7, 11) is -24.6. The van der Waals surface area contributed by atoms with Crippen molar-refractivity contribution >= 4 is 30.3 Å². The van der Waals surface area contributed by atoms with Crippen molar-refractivity contribution in [2.75, 3.05) is 0 Å². The minimum absolute atomic E-state index is 0.371. The highest BCUT2D eigenvalue weighted by Crippen LogP contribution is 2.76. The molecule has 154 valence electrons. The van der Waals surface area contributed by atoms with Crippen molar-refractivity contribution in [3.8, 4) is 0 Å². The van der Waals surface area contributed by atoms with Gasteiger partial charge in [0.2, 0.25) is 0 Å². The smallest absolute Gasteiger partial charge is 0.363 e. The van der Waals surface area contributed by atoms with E-state index in [0.29, 0.717) is 18.2 Å². The molecule has 2 atom stereocenters. The molecule has 0 aromatic carbocycles. The lowest BCUT2D eigenvalue weighted by atomic mass is 10.3. The molecule has 20 heteroatoms. The van der Waals surface area contributed by atoms with Crippen molar-refractivity contribution in [3.05, 3.63) is 34.5 Å². The predicted molar refractivity (Wildman–Crippen MR) is 83.8 cm³/mol. The van der Waals surface area contributed by atoms with Crippen LogP contribution in [0.15, 0.2) is 23.1 Å². The molecule has 0 radical (unpaired) electrons. The van der Waals surface area contributed by atoms with Crippen LogP contribution in [0, 0.1) is 4.91 Å². The minimum Gasteiger partial charge on any atom is -0.363 e. The minimum atomic E-state index is -6.18. The summed E-state index contributed by atoms with van der Waals surface area (Å²) in [5.74, 6) is 0. The van der Waals surface area contributed by atoms with Gasteiger partial charge in [0.25, 0.3) is 0 Å². The molecule has 0 saturated heterocycles. The molecule has 0 aliphatic carbocycles. The van der Waals surface area contributed by atoms with Gasteiger partial charge in [-0.05, 0) is 12.1 Å². The molecule has 2 unspecified atom stereocenters. The van der Waals surface area contributed by atoms with Crippen LogP contribution in [0.5, 0.6) is 0 Å². The van der Waals surface area contributed by atoms with Crippen LogP contribution in [-0.4, -0.2) is 49.5 Å². The Kier molecular flexibility index (Phi) is 6.29. The Morgan fingerprint density at radius 3 is 1.37 bits per heavy atom. The average Bonchev–Trinajstić information content (AvgIpc) is 2.49. The van der Waals surface area contributed by atoms with Gasteiger partial charge in [-0.2, -0.15) is 0 Å². The molecule has 1 aromatic rings. The molecule has 0 aliphatic rings. The molecule has 0 bridgehead atoms. The Hall–Kier alpha value is -0.690. The lowest BCUT2D eigenvalue weighted by Crippen LogP contribution is -2.31. The molecule has 0 amide bonds.